The van der Waals surface area contributed by atoms with Crippen LogP contribution in [0.3, 0.4) is 0 Å². The molecule has 2 heterocycles. The lowest BCUT2D eigenvalue weighted by Gasteiger charge is -2.05. The van der Waals surface area contributed by atoms with Gasteiger partial charge in [0.1, 0.15) is 15.4 Å². The number of nitrogens with one attached hydrogen (secondary N) is 1. The van der Waals surface area contributed by atoms with E-state index in [0.717, 1.165) is 0 Å². The third-order valence-corrected chi connectivity index (χ3v) is 3.76. The summed E-state index contributed by atoms with van der Waals surface area (Å²) in [7, 11) is 0. The molecule has 112 valence electrons. The second-order valence-corrected chi connectivity index (χ2v) is 5.11. The number of rotatable bonds is 6. The molecule has 2 aromatic heterocycles. The first-order chi connectivity index (χ1) is 9.93. The fourth-order valence-electron chi connectivity index (χ4n) is 1.78. The predicted molar refractivity (Wildman–Crippen MR) is 75.9 cm³/mol. The van der Waals surface area contributed by atoms with Crippen LogP contribution in [-0.4, -0.2) is 33.3 Å². The average molecular weight is 312 g/mol. The summed E-state index contributed by atoms with van der Waals surface area (Å²) in [5.41, 5.74) is 1.55. The lowest BCUT2D eigenvalue weighted by atomic mass is 10.2. The number of carboxylic acids is 2. The van der Waals surface area contributed by atoms with Crippen LogP contribution in [0.1, 0.15) is 17.3 Å². The maximum Gasteiger partial charge on any atom is 0.341 e. The van der Waals surface area contributed by atoms with Gasteiger partial charge in [0, 0.05) is 12.7 Å². The van der Waals surface area contributed by atoms with Crippen LogP contribution in [-0.2, 0) is 16.2 Å². The molecule has 2 aromatic rings. The van der Waals surface area contributed by atoms with E-state index in [2.05, 4.69) is 5.48 Å². The number of aryl methyl sites for hydroxylation is 1. The summed E-state index contributed by atoms with van der Waals surface area (Å²) in [6.45, 7) is 1.78. The number of carboxylic acid groups (broad SMARTS) is 2. The van der Waals surface area contributed by atoms with Crippen molar-refractivity contribution in [2.75, 3.05) is 12.1 Å². The largest absolute Gasteiger partial charge is 0.479 e. The number of aromatic nitrogens is 1. The van der Waals surface area contributed by atoms with Crippen molar-refractivity contribution in [2.24, 2.45) is 0 Å². The van der Waals surface area contributed by atoms with Crippen molar-refractivity contribution in [3.8, 4) is 0 Å². The lowest BCUT2D eigenvalue weighted by Crippen LogP contribution is -2.17. The average Bonchev–Trinajstić information content (AvgIpc) is 2.83. The van der Waals surface area contributed by atoms with E-state index >= 15 is 0 Å². The van der Waals surface area contributed by atoms with E-state index in [-0.39, 0.29) is 10.9 Å². The molecule has 0 aliphatic carbocycles. The number of fused-ring (bicyclic) bond motifs is 1. The number of aromatic carboxylic acids is 1. The van der Waals surface area contributed by atoms with Crippen molar-refractivity contribution in [2.45, 2.75) is 13.5 Å². The van der Waals surface area contributed by atoms with Gasteiger partial charge in [-0.2, -0.15) is 0 Å². The van der Waals surface area contributed by atoms with E-state index < -0.39 is 24.0 Å². The summed E-state index contributed by atoms with van der Waals surface area (Å²) in [6.07, 6.45) is 1.30. The standard InChI is InChI=1S/C12H12N2O6S/c1-2-14-4-7(12(18)19)10(17)6-3-8(21-11(6)14)13-20-5-9(15)16/h3-4,13H,2,5H2,1H3,(H,15,16)(H,18,19). The maximum absolute atomic E-state index is 12.1. The van der Waals surface area contributed by atoms with Crippen molar-refractivity contribution >= 4 is 38.5 Å². The molecule has 0 bridgehead atoms. The molecule has 9 heteroatoms. The highest BCUT2D eigenvalue weighted by Crippen LogP contribution is 2.28. The topological polar surface area (TPSA) is 118 Å². The first kappa shape index (κ1) is 15.0. The Morgan fingerprint density at radius 3 is 2.71 bits per heavy atom. The second kappa shape index (κ2) is 5.94. The SMILES string of the molecule is CCn1cc(C(=O)O)c(=O)c2cc(NOCC(=O)O)sc21. The summed E-state index contributed by atoms with van der Waals surface area (Å²) in [5.74, 6) is -2.42. The van der Waals surface area contributed by atoms with Crippen LogP contribution in [0.4, 0.5) is 5.00 Å². The molecule has 0 spiro atoms. The fraction of sp³-hybridized carbons (Fsp3) is 0.250. The molecular formula is C12H12N2O6S. The van der Waals surface area contributed by atoms with E-state index in [1.807, 2.05) is 6.92 Å². The number of pyridine rings is 1. The Morgan fingerprint density at radius 1 is 1.43 bits per heavy atom. The van der Waals surface area contributed by atoms with Gasteiger partial charge in [-0.3, -0.25) is 15.1 Å². The molecule has 3 N–H and O–H groups in total. The smallest absolute Gasteiger partial charge is 0.341 e. The van der Waals surface area contributed by atoms with Crippen molar-refractivity contribution in [1.29, 1.82) is 0 Å². The van der Waals surface area contributed by atoms with Gasteiger partial charge in [0.2, 0.25) is 5.43 Å². The van der Waals surface area contributed by atoms with Crippen LogP contribution in [0.25, 0.3) is 10.2 Å². The molecule has 0 unspecified atom stereocenters. The second-order valence-electron chi connectivity index (χ2n) is 4.08. The molecule has 0 atom stereocenters. The zero-order chi connectivity index (χ0) is 15.6. The summed E-state index contributed by atoms with van der Waals surface area (Å²) in [5, 5.41) is 18.2. The summed E-state index contributed by atoms with van der Waals surface area (Å²) in [4.78, 5) is 38.8. The molecule has 0 saturated heterocycles. The molecule has 0 aliphatic heterocycles. The fourth-order valence-corrected chi connectivity index (χ4v) is 2.83. The zero-order valence-corrected chi connectivity index (χ0v) is 11.8. The van der Waals surface area contributed by atoms with E-state index in [4.69, 9.17) is 15.1 Å². The highest BCUT2D eigenvalue weighted by molar-refractivity contribution is 7.22. The monoisotopic (exact) mass is 312 g/mol. The summed E-state index contributed by atoms with van der Waals surface area (Å²) < 4.78 is 1.65. The molecule has 0 radical (unpaired) electrons. The minimum atomic E-state index is -1.29. The third kappa shape index (κ3) is 3.03. The van der Waals surface area contributed by atoms with Gasteiger partial charge in [0.25, 0.3) is 0 Å². The van der Waals surface area contributed by atoms with Crippen LogP contribution in [0, 0.1) is 0 Å². The third-order valence-electron chi connectivity index (χ3n) is 2.69. The van der Waals surface area contributed by atoms with Crippen molar-refractivity contribution in [3.05, 3.63) is 28.0 Å². The van der Waals surface area contributed by atoms with Gasteiger partial charge < -0.3 is 14.8 Å². The van der Waals surface area contributed by atoms with Gasteiger partial charge in [-0.25, -0.2) is 9.59 Å². The van der Waals surface area contributed by atoms with Crippen LogP contribution >= 0.6 is 11.3 Å². The van der Waals surface area contributed by atoms with E-state index in [1.54, 1.807) is 4.57 Å². The van der Waals surface area contributed by atoms with Gasteiger partial charge in [0.05, 0.1) is 5.39 Å². The van der Waals surface area contributed by atoms with Crippen LogP contribution in [0.5, 0.6) is 0 Å². The molecule has 0 fully saturated rings. The Bertz CT molecular complexity index is 763. The van der Waals surface area contributed by atoms with E-state index in [9.17, 15) is 14.4 Å². The van der Waals surface area contributed by atoms with Crippen molar-refractivity contribution in [3.63, 3.8) is 0 Å². The van der Waals surface area contributed by atoms with E-state index in [0.29, 0.717) is 16.4 Å². The number of hydrogen-bond donors (Lipinski definition) is 3. The van der Waals surface area contributed by atoms with E-state index in [1.165, 1.54) is 23.6 Å². The Morgan fingerprint density at radius 2 is 2.14 bits per heavy atom. The number of anilines is 1. The molecule has 0 saturated carbocycles. The Labute approximate surface area is 122 Å². The van der Waals surface area contributed by atoms with Crippen LogP contribution in [0.2, 0.25) is 0 Å². The van der Waals surface area contributed by atoms with Crippen LogP contribution in [0.15, 0.2) is 17.1 Å². The van der Waals surface area contributed by atoms with Gasteiger partial charge >= 0.3 is 11.9 Å². The quantitative estimate of drug-likeness (QED) is 0.686. The first-order valence-corrected chi connectivity index (χ1v) is 6.75. The Kier molecular flexibility index (Phi) is 4.24. The highest BCUT2D eigenvalue weighted by Gasteiger charge is 2.16. The normalized spacial score (nSPS) is 10.7. The molecule has 0 amide bonds. The number of thiophene rings is 1. The first-order valence-electron chi connectivity index (χ1n) is 5.94. The lowest BCUT2D eigenvalue weighted by molar-refractivity contribution is -0.141. The van der Waals surface area contributed by atoms with Crippen molar-refractivity contribution in [1.82, 2.24) is 4.57 Å². The zero-order valence-electron chi connectivity index (χ0n) is 11.0. The number of nitrogens with zero attached hydrogens (tertiary/aromatic N) is 1. The van der Waals surface area contributed by atoms with Crippen molar-refractivity contribution < 1.29 is 24.6 Å². The summed E-state index contributed by atoms with van der Waals surface area (Å²) >= 11 is 1.18. The summed E-state index contributed by atoms with van der Waals surface area (Å²) in [6, 6.07) is 1.45. The van der Waals surface area contributed by atoms with Gasteiger partial charge in [-0.15, -0.1) is 0 Å². The molecule has 0 aromatic carbocycles. The van der Waals surface area contributed by atoms with Gasteiger partial charge in [0.15, 0.2) is 6.61 Å². The Balaban J connectivity index is 2.45. The minimum absolute atomic E-state index is 0.253. The molecular weight excluding hydrogens is 300 g/mol. The van der Waals surface area contributed by atoms with Crippen LogP contribution < -0.4 is 10.9 Å². The van der Waals surface area contributed by atoms with Gasteiger partial charge in [-0.1, -0.05) is 11.3 Å². The molecule has 8 nitrogen and oxygen atoms in total. The Hall–Kier alpha value is -2.39. The molecule has 2 rings (SSSR count). The predicted octanol–water partition coefficient (Wildman–Crippen LogP) is 1.21. The molecule has 0 aliphatic rings. The number of hydrogen-bond acceptors (Lipinski definition) is 6. The maximum atomic E-state index is 12.1. The highest BCUT2D eigenvalue weighted by atomic mass is 32.1. The number of carbonyl (C=O) groups is 2. The minimum Gasteiger partial charge on any atom is -0.479 e. The molecule has 21 heavy (non-hydrogen) atoms. The number of aliphatic carboxylic acids is 1. The van der Waals surface area contributed by atoms with Gasteiger partial charge in [-0.05, 0) is 13.0 Å².